The second-order valence-electron chi connectivity index (χ2n) is 3.98. The van der Waals surface area contributed by atoms with Crippen LogP contribution in [0.2, 0.25) is 0 Å². The van der Waals surface area contributed by atoms with Gasteiger partial charge in [-0.05, 0) is 24.3 Å². The maximum absolute atomic E-state index is 13.6. The molecule has 0 amide bonds. The van der Waals surface area contributed by atoms with Crippen molar-refractivity contribution >= 4 is 15.7 Å². The van der Waals surface area contributed by atoms with Gasteiger partial charge in [0.05, 0.1) is 5.69 Å². The molecule has 7 heteroatoms. The Balaban J connectivity index is 2.54. The molecule has 3 nitrogen and oxygen atoms in total. The SMILES string of the molecule is CN(c1ccccc1)S(=O)(=O)c1ccc(F)c(F)c1F. The lowest BCUT2D eigenvalue weighted by molar-refractivity contribution is 0.432. The highest BCUT2D eigenvalue weighted by Gasteiger charge is 2.28. The third-order valence-corrected chi connectivity index (χ3v) is 4.56. The van der Waals surface area contributed by atoms with Gasteiger partial charge in [0.2, 0.25) is 0 Å². The van der Waals surface area contributed by atoms with Crippen molar-refractivity contribution in [3.63, 3.8) is 0 Å². The maximum Gasteiger partial charge on any atom is 0.267 e. The van der Waals surface area contributed by atoms with Crippen molar-refractivity contribution < 1.29 is 21.6 Å². The Morgan fingerprint density at radius 2 is 1.50 bits per heavy atom. The van der Waals surface area contributed by atoms with Crippen LogP contribution in [0.5, 0.6) is 0 Å². The Hall–Kier alpha value is -2.02. The highest BCUT2D eigenvalue weighted by Crippen LogP contribution is 2.25. The van der Waals surface area contributed by atoms with Crippen molar-refractivity contribution in [1.82, 2.24) is 0 Å². The zero-order chi connectivity index (χ0) is 14.9. The summed E-state index contributed by atoms with van der Waals surface area (Å²) in [6.45, 7) is 0. The first-order chi connectivity index (χ1) is 9.35. The minimum atomic E-state index is -4.31. The number of hydrogen-bond acceptors (Lipinski definition) is 2. The van der Waals surface area contributed by atoms with Crippen molar-refractivity contribution in [3.05, 3.63) is 59.9 Å². The zero-order valence-electron chi connectivity index (χ0n) is 10.3. The van der Waals surface area contributed by atoms with E-state index in [0.29, 0.717) is 12.1 Å². The monoisotopic (exact) mass is 301 g/mol. The van der Waals surface area contributed by atoms with Crippen LogP contribution in [0.3, 0.4) is 0 Å². The summed E-state index contributed by atoms with van der Waals surface area (Å²) >= 11 is 0. The van der Waals surface area contributed by atoms with E-state index in [1.165, 1.54) is 19.2 Å². The van der Waals surface area contributed by atoms with Crippen LogP contribution in [0.1, 0.15) is 0 Å². The first kappa shape index (κ1) is 14.4. The van der Waals surface area contributed by atoms with Gasteiger partial charge >= 0.3 is 0 Å². The van der Waals surface area contributed by atoms with Crippen molar-refractivity contribution in [2.24, 2.45) is 0 Å². The number of hydrogen-bond donors (Lipinski definition) is 0. The molecule has 0 saturated carbocycles. The molecule has 2 aromatic carbocycles. The van der Waals surface area contributed by atoms with Gasteiger partial charge in [0.25, 0.3) is 10.0 Å². The van der Waals surface area contributed by atoms with E-state index in [1.807, 2.05) is 0 Å². The number of rotatable bonds is 3. The summed E-state index contributed by atoms with van der Waals surface area (Å²) in [7, 11) is -3.11. The van der Waals surface area contributed by atoms with Gasteiger partial charge in [-0.2, -0.15) is 0 Å². The van der Waals surface area contributed by atoms with Gasteiger partial charge in [-0.3, -0.25) is 4.31 Å². The Labute approximate surface area is 114 Å². The molecule has 0 fully saturated rings. The number of anilines is 1. The highest BCUT2D eigenvalue weighted by molar-refractivity contribution is 7.92. The molecule has 0 aliphatic carbocycles. The molecular formula is C13H10F3NO2S. The molecule has 20 heavy (non-hydrogen) atoms. The summed E-state index contributed by atoms with van der Waals surface area (Å²) in [4.78, 5) is -0.914. The van der Waals surface area contributed by atoms with Crippen LogP contribution in [-0.2, 0) is 10.0 Å². The number of nitrogens with zero attached hydrogens (tertiary/aromatic N) is 1. The maximum atomic E-state index is 13.6. The van der Waals surface area contributed by atoms with E-state index >= 15 is 0 Å². The average molecular weight is 301 g/mol. The van der Waals surface area contributed by atoms with E-state index in [0.717, 1.165) is 4.31 Å². The molecule has 0 aliphatic heterocycles. The van der Waals surface area contributed by atoms with Crippen LogP contribution < -0.4 is 4.31 Å². The lowest BCUT2D eigenvalue weighted by Gasteiger charge is -2.19. The Morgan fingerprint density at radius 3 is 2.10 bits per heavy atom. The molecule has 0 radical (unpaired) electrons. The van der Waals surface area contributed by atoms with Gasteiger partial charge in [0.15, 0.2) is 17.5 Å². The van der Waals surface area contributed by atoms with E-state index in [2.05, 4.69) is 0 Å². The summed E-state index contributed by atoms with van der Waals surface area (Å²) < 4.78 is 64.8. The topological polar surface area (TPSA) is 37.4 Å². The smallest absolute Gasteiger partial charge is 0.267 e. The van der Waals surface area contributed by atoms with Crippen molar-refractivity contribution in [2.75, 3.05) is 11.4 Å². The van der Waals surface area contributed by atoms with E-state index in [4.69, 9.17) is 0 Å². The number of sulfonamides is 1. The Morgan fingerprint density at radius 1 is 0.900 bits per heavy atom. The molecule has 0 atom stereocenters. The molecule has 0 unspecified atom stereocenters. The van der Waals surface area contributed by atoms with Gasteiger partial charge in [0.1, 0.15) is 4.90 Å². The van der Waals surface area contributed by atoms with Crippen molar-refractivity contribution in [3.8, 4) is 0 Å². The number of para-hydroxylation sites is 1. The van der Waals surface area contributed by atoms with Crippen LogP contribution in [-0.4, -0.2) is 15.5 Å². The minimum absolute atomic E-state index is 0.275. The third-order valence-electron chi connectivity index (χ3n) is 2.76. The summed E-state index contributed by atoms with van der Waals surface area (Å²) in [5.41, 5.74) is 0.275. The molecular weight excluding hydrogens is 291 g/mol. The van der Waals surface area contributed by atoms with Crippen LogP contribution >= 0.6 is 0 Å². The second kappa shape index (κ2) is 5.16. The first-order valence-electron chi connectivity index (χ1n) is 5.53. The second-order valence-corrected chi connectivity index (χ2v) is 5.92. The molecule has 0 N–H and O–H groups in total. The van der Waals surface area contributed by atoms with Gasteiger partial charge in [-0.15, -0.1) is 0 Å². The van der Waals surface area contributed by atoms with Gasteiger partial charge in [-0.1, -0.05) is 18.2 Å². The lowest BCUT2D eigenvalue weighted by Crippen LogP contribution is -2.27. The summed E-state index contributed by atoms with van der Waals surface area (Å²) in [5.74, 6) is -4.98. The molecule has 0 heterocycles. The van der Waals surface area contributed by atoms with Crippen LogP contribution in [0.4, 0.5) is 18.9 Å². The Kier molecular flexibility index (Phi) is 3.71. The van der Waals surface area contributed by atoms with Crippen LogP contribution in [0.15, 0.2) is 47.4 Å². The largest absolute Gasteiger partial charge is 0.269 e. The van der Waals surface area contributed by atoms with Crippen molar-refractivity contribution in [2.45, 2.75) is 4.90 Å². The molecule has 0 aliphatic rings. The van der Waals surface area contributed by atoms with Crippen LogP contribution in [0, 0.1) is 17.5 Å². The van der Waals surface area contributed by atoms with Crippen molar-refractivity contribution in [1.29, 1.82) is 0 Å². The predicted molar refractivity (Wildman–Crippen MR) is 68.3 cm³/mol. The lowest BCUT2D eigenvalue weighted by atomic mass is 10.3. The minimum Gasteiger partial charge on any atom is -0.269 e. The highest BCUT2D eigenvalue weighted by atomic mass is 32.2. The fourth-order valence-corrected chi connectivity index (χ4v) is 2.88. The molecule has 0 aromatic heterocycles. The zero-order valence-corrected chi connectivity index (χ0v) is 11.2. The van der Waals surface area contributed by atoms with E-state index in [1.54, 1.807) is 18.2 Å². The summed E-state index contributed by atoms with van der Waals surface area (Å²) in [6, 6.07) is 9.14. The molecule has 2 aromatic rings. The molecule has 2 rings (SSSR count). The summed E-state index contributed by atoms with van der Waals surface area (Å²) in [5, 5.41) is 0. The van der Waals surface area contributed by atoms with Gasteiger partial charge in [0, 0.05) is 7.05 Å². The van der Waals surface area contributed by atoms with Crippen LogP contribution in [0.25, 0.3) is 0 Å². The average Bonchev–Trinajstić information content (AvgIpc) is 2.44. The molecule has 0 bridgehead atoms. The molecule has 0 saturated heterocycles. The quantitative estimate of drug-likeness (QED) is 0.817. The first-order valence-corrected chi connectivity index (χ1v) is 6.97. The fraction of sp³-hybridized carbons (Fsp3) is 0.0769. The van der Waals surface area contributed by atoms with Gasteiger partial charge in [-0.25, -0.2) is 21.6 Å². The van der Waals surface area contributed by atoms with E-state index in [9.17, 15) is 21.6 Å². The number of benzene rings is 2. The third kappa shape index (κ3) is 2.36. The van der Waals surface area contributed by atoms with E-state index < -0.39 is 32.4 Å². The standard InChI is InChI=1S/C13H10F3NO2S/c1-17(9-5-3-2-4-6-9)20(18,19)11-8-7-10(14)12(15)13(11)16/h2-8H,1H3. The van der Waals surface area contributed by atoms with Gasteiger partial charge < -0.3 is 0 Å². The molecule has 106 valence electrons. The Bertz CT molecular complexity index is 733. The molecule has 0 spiro atoms. The normalized spacial score (nSPS) is 11.4. The van der Waals surface area contributed by atoms with E-state index in [-0.39, 0.29) is 5.69 Å². The number of halogens is 3. The summed E-state index contributed by atoms with van der Waals surface area (Å²) in [6.07, 6.45) is 0. The fourth-order valence-electron chi connectivity index (χ4n) is 1.63. The predicted octanol–water partition coefficient (Wildman–Crippen LogP) is 2.93.